The Morgan fingerprint density at radius 2 is 1.19 bits per heavy atom. The van der Waals surface area contributed by atoms with E-state index < -0.39 is 0 Å². The van der Waals surface area contributed by atoms with Gasteiger partial charge in [0.1, 0.15) is 0 Å². The standard InChI is InChI=1S/C24H20N2/c1-17-13-18(2)15-21(14-17)24-25-16-22(19-9-5-3-6-10-19)23(26-24)20-11-7-4-8-12-20/h3-16H,1-2H3. The zero-order valence-corrected chi connectivity index (χ0v) is 15.0. The Balaban J connectivity index is 1.92. The van der Waals surface area contributed by atoms with Gasteiger partial charge in [0.15, 0.2) is 5.82 Å². The van der Waals surface area contributed by atoms with Gasteiger partial charge in [-0.15, -0.1) is 0 Å². The lowest BCUT2D eigenvalue weighted by atomic mass is 10.00. The highest BCUT2D eigenvalue weighted by Gasteiger charge is 2.12. The molecule has 1 aromatic heterocycles. The first-order valence-electron chi connectivity index (χ1n) is 8.77. The van der Waals surface area contributed by atoms with Crippen molar-refractivity contribution in [1.29, 1.82) is 0 Å². The van der Waals surface area contributed by atoms with Gasteiger partial charge >= 0.3 is 0 Å². The molecular weight excluding hydrogens is 316 g/mol. The Bertz CT molecular complexity index is 1020. The van der Waals surface area contributed by atoms with Crippen molar-refractivity contribution in [3.63, 3.8) is 0 Å². The highest BCUT2D eigenvalue weighted by Crippen LogP contribution is 2.31. The van der Waals surface area contributed by atoms with E-state index in [1.165, 1.54) is 11.1 Å². The van der Waals surface area contributed by atoms with Crippen molar-refractivity contribution >= 4 is 0 Å². The third-order valence-electron chi connectivity index (χ3n) is 4.40. The summed E-state index contributed by atoms with van der Waals surface area (Å²) < 4.78 is 0. The maximum absolute atomic E-state index is 4.96. The normalized spacial score (nSPS) is 10.7. The van der Waals surface area contributed by atoms with Gasteiger partial charge in [0.05, 0.1) is 5.69 Å². The molecule has 0 aliphatic heterocycles. The highest BCUT2D eigenvalue weighted by atomic mass is 14.9. The van der Waals surface area contributed by atoms with Crippen LogP contribution in [-0.2, 0) is 0 Å². The van der Waals surface area contributed by atoms with Gasteiger partial charge < -0.3 is 0 Å². The van der Waals surface area contributed by atoms with Crippen molar-refractivity contribution in [2.45, 2.75) is 13.8 Å². The van der Waals surface area contributed by atoms with E-state index in [1.807, 2.05) is 42.6 Å². The van der Waals surface area contributed by atoms with Crippen molar-refractivity contribution in [1.82, 2.24) is 9.97 Å². The molecule has 0 saturated carbocycles. The molecule has 0 unspecified atom stereocenters. The van der Waals surface area contributed by atoms with E-state index in [2.05, 4.69) is 61.3 Å². The van der Waals surface area contributed by atoms with Crippen molar-refractivity contribution < 1.29 is 0 Å². The second-order valence-electron chi connectivity index (χ2n) is 6.56. The SMILES string of the molecule is Cc1cc(C)cc(-c2ncc(-c3ccccc3)c(-c3ccccc3)n2)c1. The monoisotopic (exact) mass is 336 g/mol. The van der Waals surface area contributed by atoms with Gasteiger partial charge in [0.25, 0.3) is 0 Å². The van der Waals surface area contributed by atoms with Crippen LogP contribution in [0, 0.1) is 13.8 Å². The van der Waals surface area contributed by atoms with Crippen LogP contribution < -0.4 is 0 Å². The van der Waals surface area contributed by atoms with E-state index in [-0.39, 0.29) is 0 Å². The molecule has 4 rings (SSSR count). The molecule has 0 fully saturated rings. The number of hydrogen-bond donors (Lipinski definition) is 0. The topological polar surface area (TPSA) is 25.8 Å². The minimum Gasteiger partial charge on any atom is -0.236 e. The molecule has 0 N–H and O–H groups in total. The second-order valence-corrected chi connectivity index (χ2v) is 6.56. The Kier molecular flexibility index (Phi) is 4.32. The zero-order valence-electron chi connectivity index (χ0n) is 15.0. The summed E-state index contributed by atoms with van der Waals surface area (Å²) in [5.41, 5.74) is 7.72. The lowest BCUT2D eigenvalue weighted by Gasteiger charge is -2.12. The Hall–Kier alpha value is -3.26. The molecule has 0 saturated heterocycles. The fraction of sp³-hybridized carbons (Fsp3) is 0.0833. The summed E-state index contributed by atoms with van der Waals surface area (Å²) in [7, 11) is 0. The summed E-state index contributed by atoms with van der Waals surface area (Å²) in [4.78, 5) is 9.64. The molecule has 3 aromatic carbocycles. The van der Waals surface area contributed by atoms with Crippen LogP contribution in [0.2, 0.25) is 0 Å². The van der Waals surface area contributed by atoms with Gasteiger partial charge in [0, 0.05) is 22.9 Å². The Morgan fingerprint density at radius 3 is 1.81 bits per heavy atom. The molecule has 0 spiro atoms. The third-order valence-corrected chi connectivity index (χ3v) is 4.40. The van der Waals surface area contributed by atoms with Crippen LogP contribution in [0.3, 0.4) is 0 Å². The van der Waals surface area contributed by atoms with Crippen LogP contribution in [0.4, 0.5) is 0 Å². The zero-order chi connectivity index (χ0) is 17.9. The number of rotatable bonds is 3. The van der Waals surface area contributed by atoms with Gasteiger partial charge in [-0.1, -0.05) is 77.9 Å². The van der Waals surface area contributed by atoms with Gasteiger partial charge in [-0.2, -0.15) is 0 Å². The van der Waals surface area contributed by atoms with E-state index in [1.54, 1.807) is 0 Å². The predicted molar refractivity (Wildman–Crippen MR) is 108 cm³/mol. The van der Waals surface area contributed by atoms with Crippen LogP contribution in [0.1, 0.15) is 11.1 Å². The molecule has 0 aliphatic carbocycles. The summed E-state index contributed by atoms with van der Waals surface area (Å²) in [5, 5.41) is 0. The maximum Gasteiger partial charge on any atom is 0.159 e. The average Bonchev–Trinajstić information content (AvgIpc) is 2.68. The maximum atomic E-state index is 4.96. The molecule has 0 atom stereocenters. The quantitative estimate of drug-likeness (QED) is 0.452. The first kappa shape index (κ1) is 16.2. The summed E-state index contributed by atoms with van der Waals surface area (Å²) in [6.07, 6.45) is 1.94. The molecule has 2 heteroatoms. The number of hydrogen-bond acceptors (Lipinski definition) is 2. The van der Waals surface area contributed by atoms with E-state index in [0.717, 1.165) is 33.8 Å². The first-order chi connectivity index (χ1) is 12.7. The molecule has 1 heterocycles. The predicted octanol–water partition coefficient (Wildman–Crippen LogP) is 6.09. The average molecular weight is 336 g/mol. The largest absolute Gasteiger partial charge is 0.236 e. The molecule has 4 aromatic rings. The number of aryl methyl sites for hydroxylation is 2. The molecular formula is C24H20N2. The van der Waals surface area contributed by atoms with Gasteiger partial charge in [-0.25, -0.2) is 9.97 Å². The molecule has 0 aliphatic rings. The van der Waals surface area contributed by atoms with E-state index in [4.69, 9.17) is 4.98 Å². The molecule has 2 nitrogen and oxygen atoms in total. The summed E-state index contributed by atoms with van der Waals surface area (Å²) >= 11 is 0. The van der Waals surface area contributed by atoms with Crippen molar-refractivity contribution in [2.75, 3.05) is 0 Å². The molecule has 126 valence electrons. The minimum atomic E-state index is 0.760. The molecule has 26 heavy (non-hydrogen) atoms. The van der Waals surface area contributed by atoms with Crippen LogP contribution in [0.15, 0.2) is 85.1 Å². The van der Waals surface area contributed by atoms with Crippen LogP contribution in [-0.4, -0.2) is 9.97 Å². The number of benzene rings is 3. The Morgan fingerprint density at radius 1 is 0.615 bits per heavy atom. The van der Waals surface area contributed by atoms with Crippen molar-refractivity contribution in [2.24, 2.45) is 0 Å². The second kappa shape index (κ2) is 6.93. The summed E-state index contributed by atoms with van der Waals surface area (Å²) in [6.45, 7) is 4.21. The molecule has 0 bridgehead atoms. The van der Waals surface area contributed by atoms with E-state index in [9.17, 15) is 0 Å². The molecule has 0 amide bonds. The minimum absolute atomic E-state index is 0.760. The van der Waals surface area contributed by atoms with E-state index in [0.29, 0.717) is 0 Å². The smallest absolute Gasteiger partial charge is 0.159 e. The summed E-state index contributed by atoms with van der Waals surface area (Å²) in [5.74, 6) is 0.760. The van der Waals surface area contributed by atoms with E-state index >= 15 is 0 Å². The fourth-order valence-corrected chi connectivity index (χ4v) is 3.27. The van der Waals surface area contributed by atoms with Gasteiger partial charge in [-0.3, -0.25) is 0 Å². The van der Waals surface area contributed by atoms with Gasteiger partial charge in [-0.05, 0) is 31.5 Å². The van der Waals surface area contributed by atoms with Crippen molar-refractivity contribution in [3.05, 3.63) is 96.2 Å². The fourth-order valence-electron chi connectivity index (χ4n) is 3.27. The first-order valence-corrected chi connectivity index (χ1v) is 8.77. The lowest BCUT2D eigenvalue weighted by Crippen LogP contribution is -1.96. The summed E-state index contributed by atoms with van der Waals surface area (Å²) in [6, 6.07) is 27.1. The number of nitrogens with zero attached hydrogens (tertiary/aromatic N) is 2. The van der Waals surface area contributed by atoms with Crippen molar-refractivity contribution in [3.8, 4) is 33.8 Å². The third kappa shape index (κ3) is 3.27. The van der Waals surface area contributed by atoms with Crippen LogP contribution in [0.5, 0.6) is 0 Å². The molecule has 0 radical (unpaired) electrons. The Labute approximate surface area is 154 Å². The van der Waals surface area contributed by atoms with Crippen LogP contribution in [0.25, 0.3) is 33.8 Å². The lowest BCUT2D eigenvalue weighted by molar-refractivity contribution is 1.18. The van der Waals surface area contributed by atoms with Gasteiger partial charge in [0.2, 0.25) is 0 Å². The highest BCUT2D eigenvalue weighted by molar-refractivity contribution is 5.81. The number of aromatic nitrogens is 2. The van der Waals surface area contributed by atoms with Crippen LogP contribution >= 0.6 is 0 Å².